The molecule has 114 valence electrons. The van der Waals surface area contributed by atoms with Gasteiger partial charge >= 0.3 is 0 Å². The number of nitrogens with zero attached hydrogens (tertiary/aromatic N) is 2. The van der Waals surface area contributed by atoms with Crippen LogP contribution in [-0.2, 0) is 17.8 Å². The molecule has 0 saturated heterocycles. The average Bonchev–Trinajstić information content (AvgIpc) is 3.32. The molecular formula is C17H25N3O. The van der Waals surface area contributed by atoms with E-state index in [1.54, 1.807) is 0 Å². The minimum atomic E-state index is 0.274. The Bertz CT molecular complexity index is 525. The molecule has 1 fully saturated rings. The van der Waals surface area contributed by atoms with Gasteiger partial charge in [0.1, 0.15) is 0 Å². The molecule has 4 nitrogen and oxygen atoms in total. The highest BCUT2D eigenvalue weighted by molar-refractivity contribution is 5.82. The highest BCUT2D eigenvalue weighted by Crippen LogP contribution is 2.30. The summed E-state index contributed by atoms with van der Waals surface area (Å²) >= 11 is 0. The third-order valence-electron chi connectivity index (χ3n) is 4.57. The average molecular weight is 287 g/mol. The van der Waals surface area contributed by atoms with Crippen molar-refractivity contribution < 1.29 is 4.79 Å². The van der Waals surface area contributed by atoms with Crippen molar-refractivity contribution in [3.05, 3.63) is 29.3 Å². The van der Waals surface area contributed by atoms with Crippen LogP contribution in [0.15, 0.2) is 18.2 Å². The monoisotopic (exact) mass is 287 g/mol. The normalized spacial score (nSPS) is 17.5. The molecule has 1 aliphatic heterocycles. The molecule has 1 amide bonds. The summed E-state index contributed by atoms with van der Waals surface area (Å²) in [4.78, 5) is 16.8. The summed E-state index contributed by atoms with van der Waals surface area (Å²) < 4.78 is 0. The maximum absolute atomic E-state index is 12.5. The number of carbonyl (C=O) groups excluding carboxylic acids is 1. The van der Waals surface area contributed by atoms with Gasteiger partial charge in [0.25, 0.3) is 0 Å². The molecule has 0 aromatic heterocycles. The van der Waals surface area contributed by atoms with Gasteiger partial charge in [-0.1, -0.05) is 12.1 Å². The van der Waals surface area contributed by atoms with Crippen LogP contribution in [0.1, 0.15) is 37.3 Å². The number of benzene rings is 1. The molecule has 3 rings (SSSR count). The van der Waals surface area contributed by atoms with Crippen LogP contribution in [0.25, 0.3) is 0 Å². The number of aryl methyl sites for hydroxylation is 1. The zero-order chi connectivity index (χ0) is 14.8. The van der Waals surface area contributed by atoms with E-state index in [1.165, 1.54) is 29.7 Å². The molecule has 4 heteroatoms. The Morgan fingerprint density at radius 2 is 2.24 bits per heavy atom. The van der Waals surface area contributed by atoms with Gasteiger partial charge in [-0.05, 0) is 49.8 Å². The van der Waals surface area contributed by atoms with E-state index in [9.17, 15) is 4.79 Å². The van der Waals surface area contributed by atoms with Gasteiger partial charge in [-0.2, -0.15) is 0 Å². The Balaban J connectivity index is 1.74. The molecule has 0 atom stereocenters. The van der Waals surface area contributed by atoms with E-state index in [-0.39, 0.29) is 5.91 Å². The van der Waals surface area contributed by atoms with Crippen LogP contribution in [0.3, 0.4) is 0 Å². The Kier molecular flexibility index (Phi) is 4.15. The zero-order valence-electron chi connectivity index (χ0n) is 12.8. The number of nitrogens with two attached hydrogens (primary N) is 1. The fourth-order valence-electron chi connectivity index (χ4n) is 3.30. The second-order valence-corrected chi connectivity index (χ2v) is 6.10. The fraction of sp³-hybridized carbons (Fsp3) is 0.588. The standard InChI is InChI=1S/C17H25N3O/c1-2-20(15-6-7-15)17(21)12-19-9-3-4-14-10-13(11-18)5-8-16(14)19/h5,8,10,15H,2-4,6-7,9,11-12,18H2,1H3. The number of hydrogen-bond donors (Lipinski definition) is 1. The van der Waals surface area contributed by atoms with Crippen LogP contribution in [0, 0.1) is 0 Å². The van der Waals surface area contributed by atoms with Gasteiger partial charge in [-0.15, -0.1) is 0 Å². The lowest BCUT2D eigenvalue weighted by Gasteiger charge is -2.33. The second kappa shape index (κ2) is 6.06. The van der Waals surface area contributed by atoms with Crippen molar-refractivity contribution in [2.24, 2.45) is 5.73 Å². The highest BCUT2D eigenvalue weighted by atomic mass is 16.2. The van der Waals surface area contributed by atoms with E-state index in [4.69, 9.17) is 5.73 Å². The molecule has 1 aromatic rings. The van der Waals surface area contributed by atoms with Crippen LogP contribution in [0.5, 0.6) is 0 Å². The molecule has 1 saturated carbocycles. The molecule has 0 bridgehead atoms. The van der Waals surface area contributed by atoms with E-state index < -0.39 is 0 Å². The van der Waals surface area contributed by atoms with Gasteiger partial charge in [0.2, 0.25) is 5.91 Å². The first-order valence-corrected chi connectivity index (χ1v) is 8.09. The number of anilines is 1. The molecule has 2 N–H and O–H groups in total. The SMILES string of the molecule is CCN(C(=O)CN1CCCc2cc(CN)ccc21)C1CC1. The minimum Gasteiger partial charge on any atom is -0.362 e. The Morgan fingerprint density at radius 1 is 1.43 bits per heavy atom. The van der Waals surface area contributed by atoms with Gasteiger partial charge < -0.3 is 15.5 Å². The lowest BCUT2D eigenvalue weighted by Crippen LogP contribution is -2.43. The Labute approximate surface area is 126 Å². The quantitative estimate of drug-likeness (QED) is 0.900. The Hall–Kier alpha value is -1.55. The number of likely N-dealkylation sites (N-methyl/N-ethyl adjacent to an activating group) is 1. The molecule has 2 aliphatic rings. The number of amides is 1. The number of fused-ring (bicyclic) bond motifs is 1. The number of hydrogen-bond acceptors (Lipinski definition) is 3. The maximum atomic E-state index is 12.5. The van der Waals surface area contributed by atoms with Gasteiger partial charge in [-0.25, -0.2) is 0 Å². The first kappa shape index (κ1) is 14.4. The molecule has 0 radical (unpaired) electrons. The lowest BCUT2D eigenvalue weighted by atomic mass is 9.99. The summed E-state index contributed by atoms with van der Waals surface area (Å²) in [5.41, 5.74) is 9.46. The van der Waals surface area contributed by atoms with E-state index in [0.717, 1.165) is 25.9 Å². The zero-order valence-corrected chi connectivity index (χ0v) is 12.8. The van der Waals surface area contributed by atoms with E-state index in [0.29, 0.717) is 19.1 Å². The van der Waals surface area contributed by atoms with E-state index in [2.05, 4.69) is 30.0 Å². The van der Waals surface area contributed by atoms with Crippen molar-refractivity contribution in [1.82, 2.24) is 4.90 Å². The minimum absolute atomic E-state index is 0.274. The van der Waals surface area contributed by atoms with Crippen molar-refractivity contribution in [1.29, 1.82) is 0 Å². The number of carbonyl (C=O) groups is 1. The molecule has 1 aromatic carbocycles. The third kappa shape index (κ3) is 3.05. The largest absolute Gasteiger partial charge is 0.362 e. The van der Waals surface area contributed by atoms with Crippen molar-refractivity contribution in [3.63, 3.8) is 0 Å². The van der Waals surface area contributed by atoms with Crippen molar-refractivity contribution >= 4 is 11.6 Å². The summed E-state index contributed by atoms with van der Waals surface area (Å²) in [6.45, 7) is 4.98. The predicted octanol–water partition coefficient (Wildman–Crippen LogP) is 1.91. The van der Waals surface area contributed by atoms with Gasteiger partial charge in [-0.3, -0.25) is 4.79 Å². The smallest absolute Gasteiger partial charge is 0.242 e. The molecule has 1 heterocycles. The third-order valence-corrected chi connectivity index (χ3v) is 4.57. The van der Waals surface area contributed by atoms with Crippen molar-refractivity contribution in [2.45, 2.75) is 45.2 Å². The summed E-state index contributed by atoms with van der Waals surface area (Å²) in [6.07, 6.45) is 4.56. The van der Waals surface area contributed by atoms with Gasteiger partial charge in [0.05, 0.1) is 6.54 Å². The Morgan fingerprint density at radius 3 is 2.90 bits per heavy atom. The van der Waals surface area contributed by atoms with Gasteiger partial charge in [0.15, 0.2) is 0 Å². The van der Waals surface area contributed by atoms with Crippen LogP contribution < -0.4 is 10.6 Å². The summed E-state index contributed by atoms with van der Waals surface area (Å²) in [5, 5.41) is 0. The van der Waals surface area contributed by atoms with Crippen LogP contribution in [-0.4, -0.2) is 36.5 Å². The van der Waals surface area contributed by atoms with E-state index in [1.807, 2.05) is 4.90 Å². The van der Waals surface area contributed by atoms with Crippen molar-refractivity contribution in [2.75, 3.05) is 24.5 Å². The van der Waals surface area contributed by atoms with E-state index >= 15 is 0 Å². The summed E-state index contributed by atoms with van der Waals surface area (Å²) in [5.74, 6) is 0.274. The summed E-state index contributed by atoms with van der Waals surface area (Å²) in [7, 11) is 0. The van der Waals surface area contributed by atoms with Crippen molar-refractivity contribution in [3.8, 4) is 0 Å². The molecule has 0 spiro atoms. The van der Waals surface area contributed by atoms with Crippen LogP contribution in [0.2, 0.25) is 0 Å². The molecule has 21 heavy (non-hydrogen) atoms. The maximum Gasteiger partial charge on any atom is 0.242 e. The van der Waals surface area contributed by atoms with Crippen LogP contribution >= 0.6 is 0 Å². The molecular weight excluding hydrogens is 262 g/mol. The predicted molar refractivity (Wildman–Crippen MR) is 85.3 cm³/mol. The first-order valence-electron chi connectivity index (χ1n) is 8.09. The highest BCUT2D eigenvalue weighted by Gasteiger charge is 2.32. The first-order chi connectivity index (χ1) is 10.2. The van der Waals surface area contributed by atoms with Gasteiger partial charge in [0, 0.05) is 31.4 Å². The van der Waals surface area contributed by atoms with Crippen LogP contribution in [0.4, 0.5) is 5.69 Å². The number of rotatable bonds is 5. The lowest BCUT2D eigenvalue weighted by molar-refractivity contribution is -0.130. The topological polar surface area (TPSA) is 49.6 Å². The summed E-state index contributed by atoms with van der Waals surface area (Å²) in [6, 6.07) is 6.92. The molecule has 1 aliphatic carbocycles. The second-order valence-electron chi connectivity index (χ2n) is 6.10. The molecule has 0 unspecified atom stereocenters. The fourth-order valence-corrected chi connectivity index (χ4v) is 3.30.